The highest BCUT2D eigenvalue weighted by Gasteiger charge is 2.19. The van der Waals surface area contributed by atoms with Crippen LogP contribution in [-0.2, 0) is 4.79 Å². The number of urea groups is 1. The maximum atomic E-state index is 11.6. The van der Waals surface area contributed by atoms with Crippen LogP contribution >= 0.6 is 11.8 Å². The molecule has 0 radical (unpaired) electrons. The van der Waals surface area contributed by atoms with E-state index in [1.165, 1.54) is 0 Å². The average molecular weight is 249 g/mol. The normalized spacial score (nSPS) is 13.9. The molecule has 7 heteroatoms. The summed E-state index contributed by atoms with van der Waals surface area (Å²) in [4.78, 5) is 22.3. The predicted octanol–water partition coefficient (Wildman–Crippen LogP) is -0.727. The zero-order valence-corrected chi connectivity index (χ0v) is 10.3. The smallest absolute Gasteiger partial charge is 0.312 e. The summed E-state index contributed by atoms with van der Waals surface area (Å²) in [7, 11) is 0. The first kappa shape index (κ1) is 15.0. The lowest BCUT2D eigenvalue weighted by atomic mass is 10.2. The second kappa shape index (κ2) is 8.23. The van der Waals surface area contributed by atoms with Gasteiger partial charge in [0.15, 0.2) is 0 Å². The molecule has 0 aromatic heterocycles. The SMILES string of the molecule is CSCCC(NC(N)=O)C(=O)NC[C@@H](C)O. The molecule has 0 heterocycles. The average Bonchev–Trinajstić information content (AvgIpc) is 2.20. The molecule has 1 unspecified atom stereocenters. The van der Waals surface area contributed by atoms with Crippen molar-refractivity contribution in [2.45, 2.75) is 25.5 Å². The van der Waals surface area contributed by atoms with Crippen molar-refractivity contribution >= 4 is 23.7 Å². The fourth-order valence-corrected chi connectivity index (χ4v) is 1.52. The molecule has 0 aliphatic heterocycles. The van der Waals surface area contributed by atoms with Gasteiger partial charge in [-0.1, -0.05) is 0 Å². The lowest BCUT2D eigenvalue weighted by Gasteiger charge is -2.17. The van der Waals surface area contributed by atoms with Crippen LogP contribution in [0.15, 0.2) is 0 Å². The van der Waals surface area contributed by atoms with E-state index >= 15 is 0 Å². The van der Waals surface area contributed by atoms with Gasteiger partial charge < -0.3 is 21.5 Å². The van der Waals surface area contributed by atoms with E-state index in [9.17, 15) is 9.59 Å². The maximum absolute atomic E-state index is 11.6. The monoisotopic (exact) mass is 249 g/mol. The first-order chi connectivity index (χ1) is 7.47. The fourth-order valence-electron chi connectivity index (χ4n) is 1.05. The zero-order valence-electron chi connectivity index (χ0n) is 9.53. The predicted molar refractivity (Wildman–Crippen MR) is 64.2 cm³/mol. The van der Waals surface area contributed by atoms with E-state index in [1.807, 2.05) is 6.26 Å². The van der Waals surface area contributed by atoms with Gasteiger partial charge in [-0.15, -0.1) is 0 Å². The van der Waals surface area contributed by atoms with Gasteiger partial charge >= 0.3 is 6.03 Å². The Balaban J connectivity index is 4.14. The Morgan fingerprint density at radius 1 is 1.50 bits per heavy atom. The van der Waals surface area contributed by atoms with Crippen molar-refractivity contribution in [1.29, 1.82) is 0 Å². The van der Waals surface area contributed by atoms with E-state index in [2.05, 4.69) is 10.6 Å². The molecule has 16 heavy (non-hydrogen) atoms. The van der Waals surface area contributed by atoms with E-state index in [1.54, 1.807) is 18.7 Å². The molecule has 3 amide bonds. The largest absolute Gasteiger partial charge is 0.392 e. The van der Waals surface area contributed by atoms with E-state index in [0.717, 1.165) is 5.75 Å². The van der Waals surface area contributed by atoms with Crippen molar-refractivity contribution in [2.75, 3.05) is 18.6 Å². The van der Waals surface area contributed by atoms with Gasteiger partial charge in [0.1, 0.15) is 6.04 Å². The number of hydrogen-bond acceptors (Lipinski definition) is 4. The van der Waals surface area contributed by atoms with Crippen LogP contribution in [0.1, 0.15) is 13.3 Å². The van der Waals surface area contributed by atoms with Gasteiger partial charge in [-0.3, -0.25) is 4.79 Å². The summed E-state index contributed by atoms with van der Waals surface area (Å²) >= 11 is 1.58. The molecule has 6 nitrogen and oxygen atoms in total. The molecule has 0 aliphatic carbocycles. The lowest BCUT2D eigenvalue weighted by molar-refractivity contribution is -0.123. The molecule has 94 valence electrons. The quantitative estimate of drug-likeness (QED) is 0.477. The van der Waals surface area contributed by atoms with Crippen molar-refractivity contribution in [3.05, 3.63) is 0 Å². The summed E-state index contributed by atoms with van der Waals surface area (Å²) in [5, 5.41) is 13.9. The second-order valence-corrected chi connectivity index (χ2v) is 4.42. The number of carbonyl (C=O) groups excluding carboxylic acids is 2. The number of rotatable bonds is 7. The summed E-state index contributed by atoms with van der Waals surface area (Å²) in [6.07, 6.45) is 1.81. The molecule has 0 aliphatic rings. The number of amides is 3. The number of carbonyl (C=O) groups is 2. The van der Waals surface area contributed by atoms with E-state index < -0.39 is 18.2 Å². The molecule has 0 aromatic carbocycles. The van der Waals surface area contributed by atoms with Gasteiger partial charge in [0.25, 0.3) is 0 Å². The third kappa shape index (κ3) is 7.36. The molecule has 0 saturated heterocycles. The minimum Gasteiger partial charge on any atom is -0.392 e. The van der Waals surface area contributed by atoms with Crippen molar-refractivity contribution in [2.24, 2.45) is 5.73 Å². The van der Waals surface area contributed by atoms with E-state index in [-0.39, 0.29) is 12.5 Å². The van der Waals surface area contributed by atoms with Crippen molar-refractivity contribution in [1.82, 2.24) is 10.6 Å². The number of thioether (sulfide) groups is 1. The van der Waals surface area contributed by atoms with Gasteiger partial charge in [-0.2, -0.15) is 11.8 Å². The molecular weight excluding hydrogens is 230 g/mol. The van der Waals surface area contributed by atoms with Gasteiger partial charge in [-0.25, -0.2) is 4.79 Å². The molecule has 0 fully saturated rings. The Morgan fingerprint density at radius 3 is 2.56 bits per heavy atom. The summed E-state index contributed by atoms with van der Waals surface area (Å²) in [6.45, 7) is 1.73. The van der Waals surface area contributed by atoms with Gasteiger partial charge in [0, 0.05) is 6.54 Å². The molecule has 0 rings (SSSR count). The number of aliphatic hydroxyl groups excluding tert-OH is 1. The Bertz CT molecular complexity index is 236. The second-order valence-electron chi connectivity index (χ2n) is 3.44. The minimum absolute atomic E-state index is 0.162. The zero-order chi connectivity index (χ0) is 12.6. The van der Waals surface area contributed by atoms with Gasteiger partial charge in [-0.05, 0) is 25.4 Å². The highest BCUT2D eigenvalue weighted by molar-refractivity contribution is 7.98. The van der Waals surface area contributed by atoms with Crippen LogP contribution in [0.2, 0.25) is 0 Å². The number of primary amides is 1. The fraction of sp³-hybridized carbons (Fsp3) is 0.778. The van der Waals surface area contributed by atoms with Crippen LogP contribution in [-0.4, -0.2) is 47.7 Å². The number of nitrogens with one attached hydrogen (secondary N) is 2. The molecular formula is C9H19N3O3S. The molecule has 0 aromatic rings. The van der Waals surface area contributed by atoms with Crippen LogP contribution in [0.25, 0.3) is 0 Å². The molecule has 5 N–H and O–H groups in total. The number of aliphatic hydroxyl groups is 1. The first-order valence-corrected chi connectivity index (χ1v) is 6.37. The van der Waals surface area contributed by atoms with E-state index in [4.69, 9.17) is 10.8 Å². The Hall–Kier alpha value is -0.950. The summed E-state index contributed by atoms with van der Waals surface area (Å²) in [5.74, 6) is 0.418. The van der Waals surface area contributed by atoms with Crippen LogP contribution in [0.4, 0.5) is 4.79 Å². The van der Waals surface area contributed by atoms with Crippen molar-refractivity contribution < 1.29 is 14.7 Å². The summed E-state index contributed by atoms with van der Waals surface area (Å²) < 4.78 is 0. The van der Waals surface area contributed by atoms with Gasteiger partial charge in [0.05, 0.1) is 6.10 Å². The Labute approximate surface area is 99.3 Å². The number of hydrogen-bond donors (Lipinski definition) is 4. The van der Waals surface area contributed by atoms with Gasteiger partial charge in [0.2, 0.25) is 5.91 Å². The number of nitrogens with two attached hydrogens (primary N) is 1. The Morgan fingerprint density at radius 2 is 2.12 bits per heavy atom. The topological polar surface area (TPSA) is 104 Å². The van der Waals surface area contributed by atoms with Crippen molar-refractivity contribution in [3.8, 4) is 0 Å². The summed E-state index contributed by atoms with van der Waals surface area (Å²) in [6, 6.07) is -1.36. The lowest BCUT2D eigenvalue weighted by Crippen LogP contribution is -2.49. The molecule has 0 spiro atoms. The van der Waals surface area contributed by atoms with Crippen LogP contribution in [0, 0.1) is 0 Å². The standard InChI is InChI=1S/C9H19N3O3S/c1-6(13)5-11-8(14)7(3-4-16-2)12-9(10)15/h6-7,13H,3-5H2,1-2H3,(H,11,14)(H3,10,12,15)/t6-,7?/m1/s1. The Kier molecular flexibility index (Phi) is 7.74. The van der Waals surface area contributed by atoms with Crippen molar-refractivity contribution in [3.63, 3.8) is 0 Å². The van der Waals surface area contributed by atoms with Crippen LogP contribution in [0.3, 0.4) is 0 Å². The molecule has 0 saturated carbocycles. The van der Waals surface area contributed by atoms with E-state index in [0.29, 0.717) is 6.42 Å². The molecule has 0 bridgehead atoms. The first-order valence-electron chi connectivity index (χ1n) is 4.98. The third-order valence-electron chi connectivity index (χ3n) is 1.82. The highest BCUT2D eigenvalue weighted by atomic mass is 32.2. The third-order valence-corrected chi connectivity index (χ3v) is 2.46. The van der Waals surface area contributed by atoms with Crippen LogP contribution < -0.4 is 16.4 Å². The summed E-state index contributed by atoms with van der Waals surface area (Å²) in [5.41, 5.74) is 4.97. The minimum atomic E-state index is -0.724. The highest BCUT2D eigenvalue weighted by Crippen LogP contribution is 2.00. The van der Waals surface area contributed by atoms with Crippen LogP contribution in [0.5, 0.6) is 0 Å². The molecule has 2 atom stereocenters. The maximum Gasteiger partial charge on any atom is 0.312 e.